The van der Waals surface area contributed by atoms with Gasteiger partial charge >= 0.3 is 6.03 Å². The molecular weight excluding hydrogens is 390 g/mol. The molecule has 2 aromatic heterocycles. The molecule has 0 spiro atoms. The normalized spacial score (nSPS) is 14.2. The molecule has 4 aromatic rings. The summed E-state index contributed by atoms with van der Waals surface area (Å²) < 4.78 is 1.70. The molecule has 2 aromatic carbocycles. The summed E-state index contributed by atoms with van der Waals surface area (Å²) in [4.78, 5) is 29.2. The second-order valence-corrected chi connectivity index (χ2v) is 7.66. The molecular formula is C24H23N5O2. The first kappa shape index (κ1) is 19.1. The molecule has 3 heterocycles. The highest BCUT2D eigenvalue weighted by molar-refractivity contribution is 6.00. The van der Waals surface area contributed by atoms with E-state index in [9.17, 15) is 9.59 Å². The summed E-state index contributed by atoms with van der Waals surface area (Å²) in [6, 6.07) is 19.8. The van der Waals surface area contributed by atoms with Gasteiger partial charge in [-0.15, -0.1) is 0 Å². The number of nitrogens with one attached hydrogen (secondary N) is 1. The van der Waals surface area contributed by atoms with Crippen molar-refractivity contribution in [1.82, 2.24) is 24.7 Å². The minimum Gasteiger partial charge on any atom is -0.335 e. The van der Waals surface area contributed by atoms with Gasteiger partial charge in [0.25, 0.3) is 5.91 Å². The molecule has 1 N–H and O–H groups in total. The van der Waals surface area contributed by atoms with E-state index in [0.717, 1.165) is 21.9 Å². The van der Waals surface area contributed by atoms with Crippen LogP contribution in [0, 0.1) is 0 Å². The van der Waals surface area contributed by atoms with Crippen molar-refractivity contribution in [2.24, 2.45) is 0 Å². The van der Waals surface area contributed by atoms with Gasteiger partial charge in [0.1, 0.15) is 0 Å². The fourth-order valence-corrected chi connectivity index (χ4v) is 4.11. The number of urea groups is 1. The Hall–Kier alpha value is -3.87. The molecule has 0 saturated carbocycles. The molecule has 0 aliphatic carbocycles. The van der Waals surface area contributed by atoms with Crippen molar-refractivity contribution < 1.29 is 9.59 Å². The van der Waals surface area contributed by atoms with Gasteiger partial charge < -0.3 is 15.1 Å². The molecule has 7 nitrogen and oxygen atoms in total. The Bertz CT molecular complexity index is 1250. The summed E-state index contributed by atoms with van der Waals surface area (Å²) in [6.45, 7) is 2.50. The third-order valence-electron chi connectivity index (χ3n) is 5.82. The summed E-state index contributed by atoms with van der Waals surface area (Å²) in [6.07, 6.45) is 3.44. The van der Waals surface area contributed by atoms with Gasteiger partial charge in [-0.05, 0) is 28.5 Å². The zero-order valence-corrected chi connectivity index (χ0v) is 17.1. The number of pyridine rings is 1. The average molecular weight is 413 g/mol. The first-order chi connectivity index (χ1) is 15.2. The van der Waals surface area contributed by atoms with E-state index in [1.807, 2.05) is 48.7 Å². The highest BCUT2D eigenvalue weighted by atomic mass is 16.2. The zero-order valence-electron chi connectivity index (χ0n) is 17.1. The van der Waals surface area contributed by atoms with E-state index in [0.29, 0.717) is 38.3 Å². The second kappa shape index (κ2) is 8.10. The number of fused-ring (bicyclic) bond motifs is 2. The van der Waals surface area contributed by atoms with E-state index in [2.05, 4.69) is 28.6 Å². The predicted octanol–water partition coefficient (Wildman–Crippen LogP) is 3.16. The molecule has 1 saturated heterocycles. The van der Waals surface area contributed by atoms with Crippen molar-refractivity contribution >= 4 is 28.2 Å². The Morgan fingerprint density at radius 1 is 0.871 bits per heavy atom. The van der Waals surface area contributed by atoms with Crippen LogP contribution in [0.2, 0.25) is 0 Å². The monoisotopic (exact) mass is 413 g/mol. The van der Waals surface area contributed by atoms with E-state index in [1.165, 1.54) is 0 Å². The van der Waals surface area contributed by atoms with Gasteiger partial charge in [-0.1, -0.05) is 48.5 Å². The first-order valence-electron chi connectivity index (χ1n) is 10.4. The van der Waals surface area contributed by atoms with Crippen LogP contribution in [0.25, 0.3) is 16.3 Å². The fourth-order valence-electron chi connectivity index (χ4n) is 4.11. The molecule has 156 valence electrons. The van der Waals surface area contributed by atoms with E-state index < -0.39 is 0 Å². The third kappa shape index (κ3) is 3.70. The van der Waals surface area contributed by atoms with Gasteiger partial charge in [-0.2, -0.15) is 5.10 Å². The molecule has 7 heteroatoms. The maximum atomic E-state index is 12.9. The standard InChI is InChI=1S/C24H23N5O2/c30-23(21-17-26-29-11-4-3-10-22(21)29)27-12-14-28(15-13-27)24(31)25-16-19-8-5-7-18-6-1-2-9-20(18)19/h1-11,17H,12-16H2,(H,25,31). The zero-order chi connectivity index (χ0) is 21.2. The number of aromatic nitrogens is 2. The largest absolute Gasteiger partial charge is 0.335 e. The Kier molecular flexibility index (Phi) is 5.00. The van der Waals surface area contributed by atoms with Crippen LogP contribution in [0.3, 0.4) is 0 Å². The Morgan fingerprint density at radius 3 is 2.48 bits per heavy atom. The van der Waals surface area contributed by atoms with E-state index in [1.54, 1.807) is 20.5 Å². The summed E-state index contributed by atoms with van der Waals surface area (Å²) >= 11 is 0. The number of benzene rings is 2. The lowest BCUT2D eigenvalue weighted by Gasteiger charge is -2.34. The Balaban J connectivity index is 1.19. The van der Waals surface area contributed by atoms with Gasteiger partial charge in [0.15, 0.2) is 0 Å². The second-order valence-electron chi connectivity index (χ2n) is 7.66. The number of piperazine rings is 1. The van der Waals surface area contributed by atoms with Gasteiger partial charge in [0.05, 0.1) is 17.3 Å². The first-order valence-corrected chi connectivity index (χ1v) is 10.4. The van der Waals surface area contributed by atoms with Gasteiger partial charge in [-0.3, -0.25) is 4.79 Å². The maximum Gasteiger partial charge on any atom is 0.317 e. The summed E-state index contributed by atoms with van der Waals surface area (Å²) in [5.41, 5.74) is 2.48. The van der Waals surface area contributed by atoms with Crippen LogP contribution in [0.1, 0.15) is 15.9 Å². The maximum absolute atomic E-state index is 12.9. The molecule has 31 heavy (non-hydrogen) atoms. The van der Waals surface area contributed by atoms with Gasteiger partial charge in [0, 0.05) is 38.9 Å². The lowest BCUT2D eigenvalue weighted by atomic mass is 10.0. The lowest BCUT2D eigenvalue weighted by Crippen LogP contribution is -2.53. The number of amides is 3. The molecule has 1 aliphatic rings. The van der Waals surface area contributed by atoms with Crippen molar-refractivity contribution in [2.45, 2.75) is 6.54 Å². The summed E-state index contributed by atoms with van der Waals surface area (Å²) in [7, 11) is 0. The number of nitrogens with zero attached hydrogens (tertiary/aromatic N) is 4. The number of rotatable bonds is 3. The predicted molar refractivity (Wildman–Crippen MR) is 119 cm³/mol. The fraction of sp³-hybridized carbons (Fsp3) is 0.208. The molecule has 5 rings (SSSR count). The van der Waals surface area contributed by atoms with Crippen LogP contribution in [-0.2, 0) is 6.54 Å². The molecule has 1 aliphatic heterocycles. The third-order valence-corrected chi connectivity index (χ3v) is 5.82. The highest BCUT2D eigenvalue weighted by Crippen LogP contribution is 2.18. The van der Waals surface area contributed by atoms with Crippen molar-refractivity contribution in [3.05, 3.63) is 84.2 Å². The number of carbonyl (C=O) groups excluding carboxylic acids is 2. The van der Waals surface area contributed by atoms with E-state index >= 15 is 0 Å². The number of hydrogen-bond acceptors (Lipinski definition) is 3. The average Bonchev–Trinajstić information content (AvgIpc) is 3.26. The Morgan fingerprint density at radius 2 is 1.61 bits per heavy atom. The van der Waals surface area contributed by atoms with Crippen molar-refractivity contribution in [3.63, 3.8) is 0 Å². The van der Waals surface area contributed by atoms with Crippen molar-refractivity contribution in [1.29, 1.82) is 0 Å². The van der Waals surface area contributed by atoms with Crippen molar-refractivity contribution in [3.8, 4) is 0 Å². The van der Waals surface area contributed by atoms with Gasteiger partial charge in [-0.25, -0.2) is 9.31 Å². The quantitative estimate of drug-likeness (QED) is 0.561. The number of hydrogen-bond donors (Lipinski definition) is 1. The lowest BCUT2D eigenvalue weighted by molar-refractivity contribution is 0.0667. The molecule has 0 bridgehead atoms. The summed E-state index contributed by atoms with van der Waals surface area (Å²) in [5.74, 6) is -0.0444. The smallest absolute Gasteiger partial charge is 0.317 e. The van der Waals surface area contributed by atoms with Crippen LogP contribution in [0.4, 0.5) is 4.79 Å². The Labute approximate surface area is 179 Å². The topological polar surface area (TPSA) is 70.0 Å². The minimum absolute atomic E-state index is 0.0444. The minimum atomic E-state index is -0.101. The molecule has 0 unspecified atom stereocenters. The highest BCUT2D eigenvalue weighted by Gasteiger charge is 2.26. The number of carbonyl (C=O) groups is 2. The molecule has 3 amide bonds. The summed E-state index contributed by atoms with van der Waals surface area (Å²) in [5, 5.41) is 9.58. The molecule has 0 radical (unpaired) electrons. The SMILES string of the molecule is O=C(NCc1cccc2ccccc12)N1CCN(C(=O)c2cnn3ccccc23)CC1. The van der Waals surface area contributed by atoms with Crippen LogP contribution in [0.15, 0.2) is 73.1 Å². The van der Waals surface area contributed by atoms with Crippen LogP contribution < -0.4 is 5.32 Å². The van der Waals surface area contributed by atoms with Crippen LogP contribution >= 0.6 is 0 Å². The van der Waals surface area contributed by atoms with Gasteiger partial charge in [0.2, 0.25) is 0 Å². The van der Waals surface area contributed by atoms with Crippen LogP contribution in [0.5, 0.6) is 0 Å². The molecule has 0 atom stereocenters. The molecule has 1 fully saturated rings. The van der Waals surface area contributed by atoms with Crippen molar-refractivity contribution in [2.75, 3.05) is 26.2 Å². The van der Waals surface area contributed by atoms with E-state index in [4.69, 9.17) is 0 Å². The van der Waals surface area contributed by atoms with Crippen LogP contribution in [-0.4, -0.2) is 57.5 Å². The van der Waals surface area contributed by atoms with E-state index in [-0.39, 0.29) is 11.9 Å².